The number of hydrogen-bond donors (Lipinski definition) is 1. The summed E-state index contributed by atoms with van der Waals surface area (Å²) in [7, 11) is 0. The molecule has 0 spiro atoms. The Labute approximate surface area is 168 Å². The third kappa shape index (κ3) is 3.85. The number of carbonyl (C=O) groups is 1. The maximum atomic E-state index is 12.9. The first-order chi connectivity index (χ1) is 14.1. The lowest BCUT2D eigenvalue weighted by molar-refractivity contribution is 0.0719. The second-order valence-electron chi connectivity index (χ2n) is 7.37. The molecule has 1 unspecified atom stereocenters. The summed E-state index contributed by atoms with van der Waals surface area (Å²) in [5.74, 6) is 1.02. The molecule has 0 radical (unpaired) electrons. The molecule has 1 aromatic carbocycles. The van der Waals surface area contributed by atoms with Crippen molar-refractivity contribution >= 4 is 5.91 Å². The highest BCUT2D eigenvalue weighted by Crippen LogP contribution is 2.31. The number of likely N-dealkylation sites (tertiary alicyclic amines) is 1. The molecule has 1 fully saturated rings. The maximum absolute atomic E-state index is 12.9. The van der Waals surface area contributed by atoms with Crippen LogP contribution in [0.2, 0.25) is 0 Å². The van der Waals surface area contributed by atoms with Crippen LogP contribution in [-0.4, -0.2) is 32.5 Å². The third-order valence-electron chi connectivity index (χ3n) is 5.42. The number of carbonyl (C=O) groups excluding carboxylic acids is 1. The average Bonchev–Trinajstić information content (AvgIpc) is 3.40. The lowest BCUT2D eigenvalue weighted by atomic mass is 10.0. The van der Waals surface area contributed by atoms with Crippen LogP contribution in [-0.2, 0) is 12.8 Å². The summed E-state index contributed by atoms with van der Waals surface area (Å²) < 4.78 is 5.18. The highest BCUT2D eigenvalue weighted by molar-refractivity contribution is 5.92. The molecule has 0 saturated carbocycles. The lowest BCUT2D eigenvalue weighted by Gasteiger charge is -2.23. The summed E-state index contributed by atoms with van der Waals surface area (Å²) in [6, 6.07) is 11.3. The first-order valence-electron chi connectivity index (χ1n) is 9.97. The molecule has 150 valence electrons. The van der Waals surface area contributed by atoms with Gasteiger partial charge in [0.2, 0.25) is 0 Å². The smallest absolute Gasteiger partial charge is 0.276 e. The molecule has 4 rings (SSSR count). The predicted molar refractivity (Wildman–Crippen MR) is 108 cm³/mol. The molecule has 1 N–H and O–H groups in total. The lowest BCUT2D eigenvalue weighted by Crippen LogP contribution is -2.33. The van der Waals surface area contributed by atoms with Gasteiger partial charge in [0.25, 0.3) is 11.5 Å². The summed E-state index contributed by atoms with van der Waals surface area (Å²) in [6.45, 7) is 4.40. The zero-order valence-electron chi connectivity index (χ0n) is 16.6. The van der Waals surface area contributed by atoms with Crippen LogP contribution in [0.1, 0.15) is 64.7 Å². The normalized spacial score (nSPS) is 16.3. The minimum Gasteiger partial charge on any atom is -0.361 e. The van der Waals surface area contributed by atoms with E-state index in [0.717, 1.165) is 18.4 Å². The van der Waals surface area contributed by atoms with Gasteiger partial charge in [-0.05, 0) is 25.3 Å². The minimum atomic E-state index is -0.263. The Morgan fingerprint density at radius 3 is 2.79 bits per heavy atom. The fourth-order valence-electron chi connectivity index (χ4n) is 3.82. The van der Waals surface area contributed by atoms with Crippen LogP contribution in [0.4, 0.5) is 0 Å². The van der Waals surface area contributed by atoms with E-state index in [2.05, 4.69) is 15.1 Å². The molecule has 3 heterocycles. The first-order valence-corrected chi connectivity index (χ1v) is 9.97. The molecule has 1 atom stereocenters. The Hall–Kier alpha value is -3.22. The predicted octanol–water partition coefficient (Wildman–Crippen LogP) is 3.20. The van der Waals surface area contributed by atoms with E-state index in [1.54, 1.807) is 11.0 Å². The molecule has 0 bridgehead atoms. The van der Waals surface area contributed by atoms with Crippen LogP contribution in [0.3, 0.4) is 0 Å². The molecule has 1 aliphatic rings. The second kappa shape index (κ2) is 8.03. The van der Waals surface area contributed by atoms with Crippen molar-refractivity contribution in [1.29, 1.82) is 0 Å². The van der Waals surface area contributed by atoms with Crippen molar-refractivity contribution in [3.8, 4) is 0 Å². The van der Waals surface area contributed by atoms with E-state index >= 15 is 0 Å². The van der Waals surface area contributed by atoms with Gasteiger partial charge in [-0.3, -0.25) is 9.59 Å². The summed E-state index contributed by atoms with van der Waals surface area (Å²) in [5.41, 5.74) is 2.56. The van der Waals surface area contributed by atoms with Gasteiger partial charge in [0.15, 0.2) is 5.69 Å². The average molecular weight is 392 g/mol. The van der Waals surface area contributed by atoms with Crippen molar-refractivity contribution in [1.82, 2.24) is 20.0 Å². The van der Waals surface area contributed by atoms with E-state index in [9.17, 15) is 9.59 Å². The van der Waals surface area contributed by atoms with Gasteiger partial charge in [-0.1, -0.05) is 42.4 Å². The molecule has 7 nitrogen and oxygen atoms in total. The SMILES string of the molecule is CCc1cc(C(=O)N2CCCC2c2nc(C)c(Cc3ccccc3)c(=O)[nH]2)no1. The van der Waals surface area contributed by atoms with Crippen LogP contribution in [0.25, 0.3) is 0 Å². The quantitative estimate of drug-likeness (QED) is 0.720. The molecular formula is C22H24N4O3. The Balaban J connectivity index is 1.60. The Morgan fingerprint density at radius 1 is 1.31 bits per heavy atom. The van der Waals surface area contributed by atoms with E-state index < -0.39 is 0 Å². The Kier molecular flexibility index (Phi) is 5.29. The fourth-order valence-corrected chi connectivity index (χ4v) is 3.82. The number of nitrogens with one attached hydrogen (secondary N) is 1. The van der Waals surface area contributed by atoms with Crippen molar-refractivity contribution < 1.29 is 9.32 Å². The fraction of sp³-hybridized carbons (Fsp3) is 0.364. The number of aromatic amines is 1. The topological polar surface area (TPSA) is 92.1 Å². The number of hydrogen-bond acceptors (Lipinski definition) is 5. The van der Waals surface area contributed by atoms with Gasteiger partial charge >= 0.3 is 0 Å². The molecule has 2 aromatic heterocycles. The zero-order valence-corrected chi connectivity index (χ0v) is 16.6. The molecular weight excluding hydrogens is 368 g/mol. The van der Waals surface area contributed by atoms with Crippen molar-refractivity contribution in [3.63, 3.8) is 0 Å². The van der Waals surface area contributed by atoms with Crippen molar-refractivity contribution in [2.75, 3.05) is 6.54 Å². The summed E-state index contributed by atoms with van der Waals surface area (Å²) in [5, 5.41) is 3.90. The van der Waals surface area contributed by atoms with Crippen LogP contribution in [0.15, 0.2) is 45.7 Å². The van der Waals surface area contributed by atoms with E-state index in [4.69, 9.17) is 4.52 Å². The van der Waals surface area contributed by atoms with Crippen molar-refractivity contribution in [3.05, 3.63) is 80.9 Å². The highest BCUT2D eigenvalue weighted by Gasteiger charge is 2.34. The van der Waals surface area contributed by atoms with Crippen LogP contribution >= 0.6 is 0 Å². The molecule has 7 heteroatoms. The van der Waals surface area contributed by atoms with E-state index in [1.807, 2.05) is 44.2 Å². The Morgan fingerprint density at radius 2 is 2.10 bits per heavy atom. The van der Waals surface area contributed by atoms with Crippen LogP contribution in [0.5, 0.6) is 0 Å². The second-order valence-corrected chi connectivity index (χ2v) is 7.37. The molecule has 1 amide bonds. The van der Waals surface area contributed by atoms with E-state index in [1.165, 1.54) is 0 Å². The maximum Gasteiger partial charge on any atom is 0.276 e. The minimum absolute atomic E-state index is 0.148. The van der Waals surface area contributed by atoms with Crippen LogP contribution < -0.4 is 5.56 Å². The summed E-state index contributed by atoms with van der Waals surface area (Å²) in [6.07, 6.45) is 2.82. The molecule has 1 saturated heterocycles. The monoisotopic (exact) mass is 392 g/mol. The highest BCUT2D eigenvalue weighted by atomic mass is 16.5. The van der Waals surface area contributed by atoms with E-state index in [0.29, 0.717) is 47.9 Å². The number of aryl methyl sites for hydroxylation is 2. The number of nitrogens with zero attached hydrogens (tertiary/aromatic N) is 3. The molecule has 1 aliphatic heterocycles. The van der Waals surface area contributed by atoms with Crippen molar-refractivity contribution in [2.45, 2.75) is 45.6 Å². The Bertz CT molecular complexity index is 1070. The van der Waals surface area contributed by atoms with Gasteiger partial charge in [-0.2, -0.15) is 0 Å². The summed E-state index contributed by atoms with van der Waals surface area (Å²) >= 11 is 0. The third-order valence-corrected chi connectivity index (χ3v) is 5.42. The number of H-pyrrole nitrogens is 1. The van der Waals surface area contributed by atoms with Gasteiger partial charge in [0, 0.05) is 36.7 Å². The number of aromatic nitrogens is 3. The van der Waals surface area contributed by atoms with Gasteiger partial charge in [-0.25, -0.2) is 4.98 Å². The largest absolute Gasteiger partial charge is 0.361 e. The van der Waals surface area contributed by atoms with Gasteiger partial charge in [0.1, 0.15) is 11.6 Å². The molecule has 0 aliphatic carbocycles. The zero-order chi connectivity index (χ0) is 20.4. The van der Waals surface area contributed by atoms with Gasteiger partial charge in [0.05, 0.1) is 6.04 Å². The van der Waals surface area contributed by atoms with Crippen LogP contribution in [0, 0.1) is 6.92 Å². The number of rotatable bonds is 5. The number of amides is 1. The molecule has 3 aromatic rings. The van der Waals surface area contributed by atoms with Gasteiger partial charge in [-0.15, -0.1) is 0 Å². The first kappa shape index (κ1) is 19.1. The summed E-state index contributed by atoms with van der Waals surface area (Å²) in [4.78, 5) is 35.0. The molecule has 29 heavy (non-hydrogen) atoms. The van der Waals surface area contributed by atoms with Gasteiger partial charge < -0.3 is 14.4 Å². The van der Waals surface area contributed by atoms with E-state index in [-0.39, 0.29) is 17.5 Å². The standard InChI is InChI=1S/C22H24N4O3/c1-3-16-13-18(25-29-16)22(28)26-11-7-10-19(26)20-23-14(2)17(21(27)24-20)12-15-8-5-4-6-9-15/h4-6,8-9,13,19H,3,7,10-12H2,1-2H3,(H,23,24,27). The van der Waals surface area contributed by atoms with Crippen molar-refractivity contribution in [2.24, 2.45) is 0 Å². The number of benzene rings is 1.